The number of carbonyl (C=O) groups is 2. The Morgan fingerprint density at radius 3 is 2.44 bits per heavy atom. The van der Waals surface area contributed by atoms with E-state index in [0.29, 0.717) is 0 Å². The first-order valence-electron chi connectivity index (χ1n) is 6.40. The van der Waals surface area contributed by atoms with Gasteiger partial charge >= 0.3 is 11.9 Å². The van der Waals surface area contributed by atoms with Crippen LogP contribution in [-0.2, 0) is 19.1 Å². The summed E-state index contributed by atoms with van der Waals surface area (Å²) in [6.07, 6.45) is 0.819. The molecule has 104 valence electrons. The molecular formula is C13H23NO4. The van der Waals surface area contributed by atoms with Crippen LogP contribution >= 0.6 is 0 Å². The van der Waals surface area contributed by atoms with Gasteiger partial charge in [-0.15, -0.1) is 0 Å². The van der Waals surface area contributed by atoms with Crippen LogP contribution < -0.4 is 0 Å². The topological polar surface area (TPSA) is 55.8 Å². The monoisotopic (exact) mass is 257 g/mol. The molecule has 0 unspecified atom stereocenters. The van der Waals surface area contributed by atoms with Crippen molar-refractivity contribution in [3.05, 3.63) is 0 Å². The lowest BCUT2D eigenvalue weighted by Crippen LogP contribution is -2.27. The van der Waals surface area contributed by atoms with Gasteiger partial charge in [-0.05, 0) is 40.3 Å². The molecule has 0 amide bonds. The van der Waals surface area contributed by atoms with Crippen LogP contribution in [-0.4, -0.2) is 43.3 Å². The van der Waals surface area contributed by atoms with Crippen LogP contribution in [0.2, 0.25) is 0 Å². The second-order valence-corrected chi connectivity index (χ2v) is 5.64. The van der Waals surface area contributed by atoms with E-state index in [2.05, 4.69) is 11.8 Å². The summed E-state index contributed by atoms with van der Waals surface area (Å²) in [7, 11) is 0. The van der Waals surface area contributed by atoms with Crippen LogP contribution in [0.4, 0.5) is 0 Å². The number of ether oxygens (including phenoxy) is 2. The van der Waals surface area contributed by atoms with Gasteiger partial charge in [0.25, 0.3) is 0 Å². The second kappa shape index (κ2) is 6.18. The van der Waals surface area contributed by atoms with Crippen LogP contribution in [0.5, 0.6) is 0 Å². The molecule has 1 fully saturated rings. The van der Waals surface area contributed by atoms with Gasteiger partial charge in [-0.2, -0.15) is 0 Å². The van der Waals surface area contributed by atoms with E-state index in [1.165, 1.54) is 0 Å². The molecule has 5 nitrogen and oxygen atoms in total. The van der Waals surface area contributed by atoms with E-state index < -0.39 is 5.41 Å². The molecule has 0 aliphatic carbocycles. The fraction of sp³-hybridized carbons (Fsp3) is 0.846. The fourth-order valence-corrected chi connectivity index (χ4v) is 1.79. The average molecular weight is 257 g/mol. The lowest BCUT2D eigenvalue weighted by atomic mass is 9.98. The summed E-state index contributed by atoms with van der Waals surface area (Å²) in [5.74, 6) is -0.720. The second-order valence-electron chi connectivity index (χ2n) is 5.64. The van der Waals surface area contributed by atoms with Gasteiger partial charge in [0.15, 0.2) is 0 Å². The molecular weight excluding hydrogens is 234 g/mol. The Labute approximate surface area is 108 Å². The molecule has 1 atom stereocenters. The summed E-state index contributed by atoms with van der Waals surface area (Å²) < 4.78 is 9.87. The van der Waals surface area contributed by atoms with Crippen LogP contribution in [0.3, 0.4) is 0 Å². The Bertz CT molecular complexity index is 309. The number of carbonyl (C=O) groups excluding carboxylic acids is 2. The molecule has 0 N–H and O–H groups in total. The third-order valence-electron chi connectivity index (χ3n) is 3.06. The molecule has 0 spiro atoms. The van der Waals surface area contributed by atoms with Gasteiger partial charge in [0, 0.05) is 6.54 Å². The molecule has 1 saturated heterocycles. The summed E-state index contributed by atoms with van der Waals surface area (Å²) in [6, 6.07) is 0. The highest BCUT2D eigenvalue weighted by Crippen LogP contribution is 2.18. The molecule has 0 radical (unpaired) electrons. The van der Waals surface area contributed by atoms with E-state index in [9.17, 15) is 9.59 Å². The minimum absolute atomic E-state index is 0.0849. The lowest BCUT2D eigenvalue weighted by molar-refractivity contribution is -0.175. The summed E-state index contributed by atoms with van der Waals surface area (Å²) >= 11 is 0. The first kappa shape index (κ1) is 15.0. The SMILES string of the molecule is CCN1CC[C@H](C(=O)OCOC(=O)C(C)(C)C)C1. The molecule has 0 bridgehead atoms. The van der Waals surface area contributed by atoms with Gasteiger partial charge in [0.05, 0.1) is 11.3 Å². The molecule has 0 aromatic heterocycles. The maximum atomic E-state index is 11.7. The highest BCUT2D eigenvalue weighted by Gasteiger charge is 2.29. The van der Waals surface area contributed by atoms with E-state index in [0.717, 1.165) is 26.1 Å². The third-order valence-corrected chi connectivity index (χ3v) is 3.06. The van der Waals surface area contributed by atoms with Gasteiger partial charge in [-0.1, -0.05) is 6.92 Å². The largest absolute Gasteiger partial charge is 0.428 e. The van der Waals surface area contributed by atoms with E-state index in [-0.39, 0.29) is 24.6 Å². The van der Waals surface area contributed by atoms with Crippen molar-refractivity contribution in [2.75, 3.05) is 26.4 Å². The van der Waals surface area contributed by atoms with Crippen molar-refractivity contribution in [1.82, 2.24) is 4.90 Å². The van der Waals surface area contributed by atoms with E-state index in [1.54, 1.807) is 20.8 Å². The maximum absolute atomic E-state index is 11.7. The molecule has 5 heteroatoms. The Kier molecular flexibility index (Phi) is 5.14. The van der Waals surface area contributed by atoms with Gasteiger partial charge in [-0.3, -0.25) is 9.59 Å². The van der Waals surface area contributed by atoms with Crippen LogP contribution in [0.15, 0.2) is 0 Å². The quantitative estimate of drug-likeness (QED) is 0.563. The Morgan fingerprint density at radius 1 is 1.28 bits per heavy atom. The first-order valence-corrected chi connectivity index (χ1v) is 6.40. The minimum Gasteiger partial charge on any atom is -0.428 e. The number of esters is 2. The van der Waals surface area contributed by atoms with Crippen molar-refractivity contribution in [3.8, 4) is 0 Å². The summed E-state index contributed by atoms with van der Waals surface area (Å²) in [5.41, 5.74) is -0.571. The Morgan fingerprint density at radius 2 is 1.94 bits per heavy atom. The summed E-state index contributed by atoms with van der Waals surface area (Å²) in [4.78, 5) is 25.3. The number of hydrogen-bond donors (Lipinski definition) is 0. The zero-order valence-electron chi connectivity index (χ0n) is 11.7. The molecule has 1 rings (SSSR count). The fourth-order valence-electron chi connectivity index (χ4n) is 1.79. The van der Waals surface area contributed by atoms with Crippen molar-refractivity contribution in [1.29, 1.82) is 0 Å². The Hall–Kier alpha value is -1.10. The molecule has 0 aromatic carbocycles. The van der Waals surface area contributed by atoms with Crippen molar-refractivity contribution in [2.45, 2.75) is 34.1 Å². The van der Waals surface area contributed by atoms with Gasteiger partial charge in [0.1, 0.15) is 0 Å². The number of hydrogen-bond acceptors (Lipinski definition) is 5. The molecule has 18 heavy (non-hydrogen) atoms. The zero-order chi connectivity index (χ0) is 13.8. The highest BCUT2D eigenvalue weighted by atomic mass is 16.7. The van der Waals surface area contributed by atoms with E-state index >= 15 is 0 Å². The van der Waals surface area contributed by atoms with Crippen molar-refractivity contribution in [3.63, 3.8) is 0 Å². The maximum Gasteiger partial charge on any atom is 0.314 e. The van der Waals surface area contributed by atoms with Crippen LogP contribution in [0.25, 0.3) is 0 Å². The highest BCUT2D eigenvalue weighted by molar-refractivity contribution is 5.76. The zero-order valence-corrected chi connectivity index (χ0v) is 11.7. The van der Waals surface area contributed by atoms with Crippen molar-refractivity contribution in [2.24, 2.45) is 11.3 Å². The lowest BCUT2D eigenvalue weighted by Gasteiger charge is -2.17. The number of rotatable bonds is 4. The van der Waals surface area contributed by atoms with E-state index in [4.69, 9.17) is 9.47 Å². The average Bonchev–Trinajstić information content (AvgIpc) is 2.75. The van der Waals surface area contributed by atoms with Crippen LogP contribution in [0, 0.1) is 11.3 Å². The molecule has 1 aliphatic rings. The standard InChI is InChI=1S/C13H23NO4/c1-5-14-7-6-10(8-14)11(15)17-9-18-12(16)13(2,3)4/h10H,5-9H2,1-4H3/t10-/m0/s1. The van der Waals surface area contributed by atoms with Crippen molar-refractivity contribution < 1.29 is 19.1 Å². The van der Waals surface area contributed by atoms with Crippen LogP contribution in [0.1, 0.15) is 34.1 Å². The van der Waals surface area contributed by atoms with Gasteiger partial charge in [0.2, 0.25) is 6.79 Å². The minimum atomic E-state index is -0.571. The van der Waals surface area contributed by atoms with Crippen molar-refractivity contribution >= 4 is 11.9 Å². The molecule has 1 aliphatic heterocycles. The van der Waals surface area contributed by atoms with Gasteiger partial charge < -0.3 is 14.4 Å². The smallest absolute Gasteiger partial charge is 0.314 e. The summed E-state index contributed by atoms with van der Waals surface area (Å²) in [6.45, 7) is 9.67. The number of nitrogens with zero attached hydrogens (tertiary/aromatic N) is 1. The molecule has 0 saturated carbocycles. The predicted octanol–water partition coefficient (Wildman–Crippen LogP) is 1.42. The summed E-state index contributed by atoms with van der Waals surface area (Å²) in [5, 5.41) is 0. The Balaban J connectivity index is 2.24. The predicted molar refractivity (Wildman–Crippen MR) is 66.7 cm³/mol. The van der Waals surface area contributed by atoms with Gasteiger partial charge in [-0.25, -0.2) is 0 Å². The first-order chi connectivity index (χ1) is 8.34. The normalized spacial score (nSPS) is 20.8. The third kappa shape index (κ3) is 4.29. The molecule has 1 heterocycles. The molecule has 0 aromatic rings. The van der Waals surface area contributed by atoms with E-state index in [1.807, 2.05) is 0 Å². The number of likely N-dealkylation sites (tertiary alicyclic amines) is 1.